The first-order valence-corrected chi connectivity index (χ1v) is 11.2. The van der Waals surface area contributed by atoms with Gasteiger partial charge in [-0.3, -0.25) is 4.79 Å². The molecule has 31 heavy (non-hydrogen) atoms. The lowest BCUT2D eigenvalue weighted by Crippen LogP contribution is -2.09. The van der Waals surface area contributed by atoms with Crippen LogP contribution >= 0.6 is 27.3 Å². The third-order valence-electron chi connectivity index (χ3n) is 4.72. The average Bonchev–Trinajstić information content (AvgIpc) is 3.34. The highest BCUT2D eigenvalue weighted by atomic mass is 79.9. The molecule has 0 aliphatic rings. The van der Waals surface area contributed by atoms with E-state index in [-0.39, 0.29) is 5.91 Å². The van der Waals surface area contributed by atoms with Crippen molar-refractivity contribution in [1.29, 1.82) is 0 Å². The first-order chi connectivity index (χ1) is 15.0. The number of rotatable bonds is 6. The zero-order valence-electron chi connectivity index (χ0n) is 17.2. The Labute approximate surface area is 191 Å². The number of nitrogens with zero attached hydrogens (tertiary/aromatic N) is 4. The molecule has 0 bridgehead atoms. The summed E-state index contributed by atoms with van der Waals surface area (Å²) in [5.41, 5.74) is 3.41. The highest BCUT2D eigenvalue weighted by Crippen LogP contribution is 2.29. The molecular weight excluding hydrogens is 478 g/mol. The fourth-order valence-corrected chi connectivity index (χ4v) is 4.29. The van der Waals surface area contributed by atoms with E-state index in [9.17, 15) is 4.79 Å². The quantitative estimate of drug-likeness (QED) is 0.372. The van der Waals surface area contributed by atoms with Crippen molar-refractivity contribution in [2.45, 2.75) is 20.3 Å². The Balaban J connectivity index is 1.56. The van der Waals surface area contributed by atoms with E-state index >= 15 is 0 Å². The van der Waals surface area contributed by atoms with E-state index < -0.39 is 0 Å². The molecule has 7 nitrogen and oxygen atoms in total. The van der Waals surface area contributed by atoms with Gasteiger partial charge in [-0.25, -0.2) is 0 Å². The Morgan fingerprint density at radius 1 is 1.26 bits per heavy atom. The molecule has 0 unspecified atom stereocenters. The summed E-state index contributed by atoms with van der Waals surface area (Å²) in [5, 5.41) is 16.7. The van der Waals surface area contributed by atoms with Gasteiger partial charge >= 0.3 is 0 Å². The number of hydrogen-bond donors (Lipinski definition) is 1. The lowest BCUT2D eigenvalue weighted by Gasteiger charge is -2.08. The maximum Gasteiger partial charge on any atom is 0.248 e. The van der Waals surface area contributed by atoms with Gasteiger partial charge in [0.2, 0.25) is 10.9 Å². The fourth-order valence-electron chi connectivity index (χ4n) is 3.06. The van der Waals surface area contributed by atoms with Crippen LogP contribution in [0.1, 0.15) is 23.9 Å². The minimum Gasteiger partial charge on any atom is -0.496 e. The van der Waals surface area contributed by atoms with Crippen LogP contribution in [0, 0.1) is 6.92 Å². The van der Waals surface area contributed by atoms with Crippen LogP contribution in [-0.2, 0) is 11.2 Å². The Kier molecular flexibility index (Phi) is 6.15. The topological polar surface area (TPSA) is 81.4 Å². The summed E-state index contributed by atoms with van der Waals surface area (Å²) < 4.78 is 8.03. The van der Waals surface area contributed by atoms with Gasteiger partial charge in [0.1, 0.15) is 10.8 Å². The van der Waals surface area contributed by atoms with E-state index in [0.29, 0.717) is 5.75 Å². The highest BCUT2D eigenvalue weighted by Gasteiger charge is 2.13. The summed E-state index contributed by atoms with van der Waals surface area (Å²) >= 11 is 4.91. The second-order valence-electron chi connectivity index (χ2n) is 6.81. The Hall–Kier alpha value is -3.04. The first-order valence-electron chi connectivity index (χ1n) is 9.63. The largest absolute Gasteiger partial charge is 0.496 e. The molecular formula is C22H20BrN5O2S. The lowest BCUT2D eigenvalue weighted by atomic mass is 10.1. The zero-order valence-corrected chi connectivity index (χ0v) is 19.6. The molecule has 0 aliphatic carbocycles. The van der Waals surface area contributed by atoms with Crippen LogP contribution in [-0.4, -0.2) is 32.8 Å². The summed E-state index contributed by atoms with van der Waals surface area (Å²) in [5.74, 6) is 1.29. The molecule has 0 saturated heterocycles. The number of hydrogen-bond acceptors (Lipinski definition) is 6. The molecule has 4 rings (SSSR count). The first kappa shape index (κ1) is 21.2. The molecule has 2 heterocycles. The van der Waals surface area contributed by atoms with Crippen LogP contribution in [0.4, 0.5) is 5.69 Å². The predicted octanol–water partition coefficient (Wildman–Crippen LogP) is 5.15. The van der Waals surface area contributed by atoms with E-state index in [1.54, 1.807) is 17.7 Å². The second-order valence-corrected chi connectivity index (χ2v) is 8.68. The molecule has 0 radical (unpaired) electrons. The Bertz CT molecular complexity index is 1290. The van der Waals surface area contributed by atoms with Gasteiger partial charge in [-0.1, -0.05) is 46.3 Å². The maximum absolute atomic E-state index is 12.6. The molecule has 0 aliphatic heterocycles. The summed E-state index contributed by atoms with van der Waals surface area (Å²) in [7, 11) is 1.60. The average molecular weight is 498 g/mol. The summed E-state index contributed by atoms with van der Waals surface area (Å²) in [6.45, 7) is 3.97. The van der Waals surface area contributed by atoms with Gasteiger partial charge in [-0.2, -0.15) is 9.61 Å². The van der Waals surface area contributed by atoms with Crippen molar-refractivity contribution < 1.29 is 9.53 Å². The number of halogens is 1. The number of fused-ring (bicyclic) bond motifs is 1. The number of benzene rings is 2. The van der Waals surface area contributed by atoms with Crippen molar-refractivity contribution in [3.8, 4) is 16.3 Å². The lowest BCUT2D eigenvalue weighted by molar-refractivity contribution is -0.111. The van der Waals surface area contributed by atoms with Crippen LogP contribution in [0.15, 0.2) is 46.9 Å². The number of carbonyl (C=O) groups is 1. The van der Waals surface area contributed by atoms with Crippen molar-refractivity contribution in [1.82, 2.24) is 19.8 Å². The molecule has 0 spiro atoms. The van der Waals surface area contributed by atoms with Gasteiger partial charge < -0.3 is 10.1 Å². The van der Waals surface area contributed by atoms with Gasteiger partial charge in [0.05, 0.1) is 7.11 Å². The zero-order chi connectivity index (χ0) is 22.0. The van der Waals surface area contributed by atoms with Crippen molar-refractivity contribution in [3.63, 3.8) is 0 Å². The van der Waals surface area contributed by atoms with Gasteiger partial charge in [0, 0.05) is 33.8 Å². The van der Waals surface area contributed by atoms with Crippen LogP contribution in [0.25, 0.3) is 21.6 Å². The highest BCUT2D eigenvalue weighted by molar-refractivity contribution is 9.10. The van der Waals surface area contributed by atoms with Crippen molar-refractivity contribution in [2.75, 3.05) is 12.4 Å². The van der Waals surface area contributed by atoms with Gasteiger partial charge in [-0.15, -0.1) is 10.2 Å². The van der Waals surface area contributed by atoms with Crippen molar-refractivity contribution in [3.05, 3.63) is 63.9 Å². The molecule has 1 N–H and O–H groups in total. The monoisotopic (exact) mass is 497 g/mol. The van der Waals surface area contributed by atoms with Crippen LogP contribution in [0.5, 0.6) is 5.75 Å². The number of methoxy groups -OCH3 is 1. The van der Waals surface area contributed by atoms with Gasteiger partial charge in [0.25, 0.3) is 0 Å². The smallest absolute Gasteiger partial charge is 0.248 e. The number of amides is 1. The number of nitrogens with one attached hydrogen (secondary N) is 1. The summed E-state index contributed by atoms with van der Waals surface area (Å²) in [6, 6.07) is 11.5. The van der Waals surface area contributed by atoms with Crippen molar-refractivity contribution in [2.24, 2.45) is 0 Å². The molecule has 9 heteroatoms. The molecule has 4 aromatic rings. The van der Waals surface area contributed by atoms with Crippen LogP contribution in [0.2, 0.25) is 0 Å². The molecule has 0 saturated carbocycles. The van der Waals surface area contributed by atoms with E-state index in [0.717, 1.165) is 49.1 Å². The fraction of sp³-hybridized carbons (Fsp3) is 0.182. The number of aryl methyl sites for hydroxylation is 2. The Morgan fingerprint density at radius 3 is 2.87 bits per heavy atom. The van der Waals surface area contributed by atoms with Crippen LogP contribution in [0.3, 0.4) is 0 Å². The van der Waals surface area contributed by atoms with E-state index in [1.165, 1.54) is 17.4 Å². The number of ether oxygens (including phenoxy) is 1. The summed E-state index contributed by atoms with van der Waals surface area (Å²) in [4.78, 5) is 13.3. The predicted molar refractivity (Wildman–Crippen MR) is 127 cm³/mol. The minimum absolute atomic E-state index is 0.228. The minimum atomic E-state index is -0.228. The second kappa shape index (κ2) is 8.99. The molecule has 158 valence electrons. The standard InChI is InChI=1S/C22H20BrN5O2S/c1-4-19-25-26-22-28(19)27-21(31-22)15-6-5-13(2)17(12-15)24-20(29)10-7-14-11-16(23)8-9-18(14)30-3/h5-12H,4H2,1-3H3,(H,24,29)/b10-7+. The molecule has 0 fully saturated rings. The van der Waals surface area contributed by atoms with Gasteiger partial charge in [0.15, 0.2) is 5.82 Å². The number of anilines is 1. The van der Waals surface area contributed by atoms with Gasteiger partial charge in [-0.05, 0) is 42.8 Å². The van der Waals surface area contributed by atoms with E-state index in [2.05, 4.69) is 36.5 Å². The normalized spacial score (nSPS) is 11.4. The Morgan fingerprint density at radius 2 is 2.10 bits per heavy atom. The molecule has 2 aromatic carbocycles. The van der Waals surface area contributed by atoms with E-state index in [1.807, 2.05) is 50.2 Å². The van der Waals surface area contributed by atoms with Crippen molar-refractivity contribution >= 4 is 49.9 Å². The molecule has 2 aromatic heterocycles. The number of aromatic nitrogens is 4. The van der Waals surface area contributed by atoms with Crippen LogP contribution < -0.4 is 10.1 Å². The van der Waals surface area contributed by atoms with E-state index in [4.69, 9.17) is 4.74 Å². The third kappa shape index (κ3) is 4.52. The third-order valence-corrected chi connectivity index (χ3v) is 6.16. The SMILES string of the molecule is CCc1nnc2sc(-c3ccc(C)c(NC(=O)/C=C/c4cc(Br)ccc4OC)c3)nn12. The maximum atomic E-state index is 12.6. The molecule has 1 amide bonds. The summed E-state index contributed by atoms with van der Waals surface area (Å²) in [6.07, 6.45) is 3.98. The molecule has 0 atom stereocenters. The number of carbonyl (C=O) groups excluding carboxylic acids is 1.